The molecule has 0 spiro atoms. The van der Waals surface area contributed by atoms with E-state index in [9.17, 15) is 13.2 Å². The standard InChI is InChI=1S/C13H15F3/c1-4-9(2)11-6-5-7-12(8-11)10(3)13(14,15)16/h5-9H,3-4H2,1-2H3. The predicted octanol–water partition coefficient (Wildman–Crippen LogP) is 4.78. The van der Waals surface area contributed by atoms with Crippen LogP contribution in [0.1, 0.15) is 37.3 Å². The highest BCUT2D eigenvalue weighted by Gasteiger charge is 2.32. The van der Waals surface area contributed by atoms with Crippen molar-refractivity contribution in [2.24, 2.45) is 0 Å². The molecule has 3 heteroatoms. The lowest BCUT2D eigenvalue weighted by molar-refractivity contribution is -0.0686. The minimum atomic E-state index is -4.35. The molecule has 0 fully saturated rings. The second-order valence-electron chi connectivity index (χ2n) is 3.91. The summed E-state index contributed by atoms with van der Waals surface area (Å²) >= 11 is 0. The molecule has 0 aromatic heterocycles. The van der Waals surface area contributed by atoms with Crippen LogP contribution in [0.2, 0.25) is 0 Å². The van der Waals surface area contributed by atoms with E-state index in [0.29, 0.717) is 0 Å². The number of halogens is 3. The van der Waals surface area contributed by atoms with Gasteiger partial charge in [0.05, 0.1) is 5.57 Å². The average Bonchev–Trinajstić information content (AvgIpc) is 2.26. The predicted molar refractivity (Wildman–Crippen MR) is 60.2 cm³/mol. The monoisotopic (exact) mass is 228 g/mol. The van der Waals surface area contributed by atoms with Crippen molar-refractivity contribution in [2.75, 3.05) is 0 Å². The van der Waals surface area contributed by atoms with Crippen LogP contribution in [-0.2, 0) is 0 Å². The molecule has 0 amide bonds. The first-order valence-corrected chi connectivity index (χ1v) is 5.22. The summed E-state index contributed by atoms with van der Waals surface area (Å²) in [5.74, 6) is 0.265. The molecular formula is C13H15F3. The van der Waals surface area contributed by atoms with E-state index in [1.54, 1.807) is 12.1 Å². The van der Waals surface area contributed by atoms with Gasteiger partial charge in [0.15, 0.2) is 0 Å². The molecule has 0 bridgehead atoms. The zero-order valence-electron chi connectivity index (χ0n) is 9.43. The molecule has 0 aliphatic carbocycles. The normalized spacial score (nSPS) is 13.6. The maximum Gasteiger partial charge on any atom is 0.416 e. The van der Waals surface area contributed by atoms with E-state index in [-0.39, 0.29) is 11.5 Å². The third-order valence-electron chi connectivity index (χ3n) is 2.76. The molecular weight excluding hydrogens is 213 g/mol. The third-order valence-corrected chi connectivity index (χ3v) is 2.76. The quantitative estimate of drug-likeness (QED) is 0.698. The maximum atomic E-state index is 12.5. The van der Waals surface area contributed by atoms with Crippen molar-refractivity contribution >= 4 is 5.57 Å². The summed E-state index contributed by atoms with van der Waals surface area (Å²) in [6.45, 7) is 7.10. The second-order valence-corrected chi connectivity index (χ2v) is 3.91. The van der Waals surface area contributed by atoms with Gasteiger partial charge in [-0.2, -0.15) is 13.2 Å². The first kappa shape index (κ1) is 12.8. The summed E-state index contributed by atoms with van der Waals surface area (Å²) in [7, 11) is 0. The number of benzene rings is 1. The van der Waals surface area contributed by atoms with Crippen LogP contribution in [-0.4, -0.2) is 6.18 Å². The van der Waals surface area contributed by atoms with Crippen molar-refractivity contribution in [2.45, 2.75) is 32.4 Å². The molecule has 1 atom stereocenters. The molecule has 0 aliphatic heterocycles. The molecule has 16 heavy (non-hydrogen) atoms. The lowest BCUT2D eigenvalue weighted by Gasteiger charge is -2.14. The van der Waals surface area contributed by atoms with E-state index in [2.05, 4.69) is 6.58 Å². The van der Waals surface area contributed by atoms with E-state index in [4.69, 9.17) is 0 Å². The number of hydrogen-bond donors (Lipinski definition) is 0. The van der Waals surface area contributed by atoms with Crippen molar-refractivity contribution in [3.05, 3.63) is 42.0 Å². The number of rotatable bonds is 3. The smallest absolute Gasteiger partial charge is 0.166 e. The van der Waals surface area contributed by atoms with Gasteiger partial charge in [0.25, 0.3) is 0 Å². The maximum absolute atomic E-state index is 12.5. The second kappa shape index (κ2) is 4.73. The SMILES string of the molecule is C=C(c1cccc(C(C)CC)c1)C(F)(F)F. The molecule has 0 nitrogen and oxygen atoms in total. The van der Waals surface area contributed by atoms with E-state index in [1.165, 1.54) is 6.07 Å². The van der Waals surface area contributed by atoms with Gasteiger partial charge in [0.2, 0.25) is 0 Å². The summed E-state index contributed by atoms with van der Waals surface area (Å²) in [6, 6.07) is 6.51. The Morgan fingerprint density at radius 2 is 2.00 bits per heavy atom. The Morgan fingerprint density at radius 3 is 2.50 bits per heavy atom. The van der Waals surface area contributed by atoms with Gasteiger partial charge in [-0.15, -0.1) is 0 Å². The highest BCUT2D eigenvalue weighted by atomic mass is 19.4. The zero-order chi connectivity index (χ0) is 12.3. The first-order valence-electron chi connectivity index (χ1n) is 5.22. The Balaban J connectivity index is 3.04. The third kappa shape index (κ3) is 2.87. The number of hydrogen-bond acceptors (Lipinski definition) is 0. The molecule has 0 saturated carbocycles. The fourth-order valence-electron chi connectivity index (χ4n) is 1.43. The molecule has 1 aromatic rings. The fourth-order valence-corrected chi connectivity index (χ4v) is 1.43. The number of allylic oxidation sites excluding steroid dienone is 1. The van der Waals surface area contributed by atoms with Crippen molar-refractivity contribution in [1.29, 1.82) is 0 Å². The van der Waals surface area contributed by atoms with Gasteiger partial charge in [-0.1, -0.05) is 44.7 Å². The minimum absolute atomic E-state index is 0.158. The van der Waals surface area contributed by atoms with Crippen molar-refractivity contribution < 1.29 is 13.2 Å². The van der Waals surface area contributed by atoms with Crippen LogP contribution in [0.5, 0.6) is 0 Å². The van der Waals surface area contributed by atoms with Crippen LogP contribution in [0, 0.1) is 0 Å². The molecule has 0 radical (unpaired) electrons. The summed E-state index contributed by atoms with van der Waals surface area (Å²) in [5, 5.41) is 0. The molecule has 0 N–H and O–H groups in total. The van der Waals surface area contributed by atoms with E-state index in [1.807, 2.05) is 19.9 Å². The van der Waals surface area contributed by atoms with Crippen LogP contribution >= 0.6 is 0 Å². The molecule has 0 heterocycles. The van der Waals surface area contributed by atoms with Gasteiger partial charge in [-0.25, -0.2) is 0 Å². The molecule has 1 unspecified atom stereocenters. The lowest BCUT2D eigenvalue weighted by Crippen LogP contribution is -2.09. The highest BCUT2D eigenvalue weighted by molar-refractivity contribution is 5.67. The summed E-state index contributed by atoms with van der Waals surface area (Å²) < 4.78 is 37.4. The van der Waals surface area contributed by atoms with Crippen LogP contribution in [0.4, 0.5) is 13.2 Å². The molecule has 0 aliphatic rings. The van der Waals surface area contributed by atoms with Crippen LogP contribution < -0.4 is 0 Å². The van der Waals surface area contributed by atoms with Crippen molar-refractivity contribution in [1.82, 2.24) is 0 Å². The summed E-state index contributed by atoms with van der Waals surface area (Å²) in [5.41, 5.74) is 0.299. The van der Waals surface area contributed by atoms with E-state index in [0.717, 1.165) is 12.0 Å². The molecule has 0 saturated heterocycles. The van der Waals surface area contributed by atoms with Crippen LogP contribution in [0.3, 0.4) is 0 Å². The van der Waals surface area contributed by atoms with Crippen LogP contribution in [0.15, 0.2) is 30.8 Å². The van der Waals surface area contributed by atoms with Gasteiger partial charge >= 0.3 is 6.18 Å². The minimum Gasteiger partial charge on any atom is -0.166 e. The van der Waals surface area contributed by atoms with Crippen molar-refractivity contribution in [3.63, 3.8) is 0 Å². The number of alkyl halides is 3. The first-order chi connectivity index (χ1) is 7.36. The Hall–Kier alpha value is -1.25. The van der Waals surface area contributed by atoms with Gasteiger partial charge in [0.1, 0.15) is 0 Å². The van der Waals surface area contributed by atoms with Gasteiger partial charge in [-0.3, -0.25) is 0 Å². The van der Waals surface area contributed by atoms with Gasteiger partial charge < -0.3 is 0 Å². The van der Waals surface area contributed by atoms with E-state index < -0.39 is 11.7 Å². The summed E-state index contributed by atoms with van der Waals surface area (Å²) in [6.07, 6.45) is -3.45. The van der Waals surface area contributed by atoms with Gasteiger partial charge in [0, 0.05) is 0 Å². The van der Waals surface area contributed by atoms with Crippen LogP contribution in [0.25, 0.3) is 5.57 Å². The Labute approximate surface area is 93.8 Å². The Bertz CT molecular complexity index is 377. The Kier molecular flexibility index (Phi) is 3.79. The topological polar surface area (TPSA) is 0 Å². The average molecular weight is 228 g/mol. The molecule has 1 aromatic carbocycles. The van der Waals surface area contributed by atoms with E-state index >= 15 is 0 Å². The largest absolute Gasteiger partial charge is 0.416 e. The molecule has 88 valence electrons. The fraction of sp³-hybridized carbons (Fsp3) is 0.385. The molecule has 1 rings (SSSR count). The highest BCUT2D eigenvalue weighted by Crippen LogP contribution is 2.33. The summed E-state index contributed by atoms with van der Waals surface area (Å²) in [4.78, 5) is 0. The zero-order valence-corrected chi connectivity index (χ0v) is 9.43. The van der Waals surface area contributed by atoms with Crippen molar-refractivity contribution in [3.8, 4) is 0 Å². The Morgan fingerprint density at radius 1 is 1.38 bits per heavy atom. The lowest BCUT2D eigenvalue weighted by atomic mass is 9.95. The van der Waals surface area contributed by atoms with Gasteiger partial charge in [-0.05, 0) is 23.5 Å².